The van der Waals surface area contributed by atoms with Crippen molar-refractivity contribution in [3.8, 4) is 0 Å². The van der Waals surface area contributed by atoms with Crippen LogP contribution in [0.2, 0.25) is 0 Å². The zero-order valence-electron chi connectivity index (χ0n) is 13.6. The number of anilines is 1. The van der Waals surface area contributed by atoms with Gasteiger partial charge in [-0.15, -0.1) is 22.7 Å². The average Bonchev–Trinajstić information content (AvgIpc) is 3.31. The topological polar surface area (TPSA) is 105 Å². The summed E-state index contributed by atoms with van der Waals surface area (Å²) in [4.78, 5) is 16.9. The van der Waals surface area contributed by atoms with Crippen molar-refractivity contribution in [2.45, 2.75) is 30.6 Å². The molecule has 0 radical (unpaired) electrons. The molecule has 0 aliphatic carbocycles. The molecule has 0 atom stereocenters. The van der Waals surface area contributed by atoms with E-state index in [-0.39, 0.29) is 15.7 Å². The van der Waals surface area contributed by atoms with Crippen LogP contribution in [0.5, 0.6) is 0 Å². The number of nitrogens with zero attached hydrogens (tertiary/aromatic N) is 2. The molecule has 1 aliphatic heterocycles. The lowest BCUT2D eigenvalue weighted by atomic mass is 10.2. The van der Waals surface area contributed by atoms with E-state index < -0.39 is 10.0 Å². The van der Waals surface area contributed by atoms with E-state index in [1.807, 2.05) is 5.38 Å². The Morgan fingerprint density at radius 3 is 2.76 bits per heavy atom. The Bertz CT molecular complexity index is 838. The fraction of sp³-hybridized carbons (Fsp3) is 0.467. The number of hydrogen-bond acceptors (Lipinski definition) is 7. The molecule has 0 aromatic carbocycles. The Hall–Kier alpha value is -1.49. The molecule has 2 aromatic rings. The molecule has 1 fully saturated rings. The van der Waals surface area contributed by atoms with Crippen molar-refractivity contribution in [3.05, 3.63) is 27.4 Å². The Morgan fingerprint density at radius 2 is 2.08 bits per heavy atom. The third-order valence-electron chi connectivity index (χ3n) is 3.98. The second kappa shape index (κ2) is 7.81. The van der Waals surface area contributed by atoms with Crippen LogP contribution < -0.4 is 11.1 Å². The summed E-state index contributed by atoms with van der Waals surface area (Å²) < 4.78 is 26.8. The summed E-state index contributed by atoms with van der Waals surface area (Å²) >= 11 is 2.55. The van der Waals surface area contributed by atoms with E-state index in [2.05, 4.69) is 10.3 Å². The van der Waals surface area contributed by atoms with Gasteiger partial charge in [-0.2, -0.15) is 4.31 Å². The van der Waals surface area contributed by atoms with Crippen molar-refractivity contribution >= 4 is 43.7 Å². The third kappa shape index (κ3) is 4.20. The molecule has 2 aromatic heterocycles. The van der Waals surface area contributed by atoms with Gasteiger partial charge in [0.05, 0.1) is 5.69 Å². The SMILES string of the molecule is Nc1nc(CCCNC(=O)c2sccc2S(=O)(=O)N2CCCC2)cs1. The molecule has 3 heterocycles. The lowest BCUT2D eigenvalue weighted by molar-refractivity contribution is 0.0954. The number of rotatable bonds is 7. The van der Waals surface area contributed by atoms with Crippen LogP contribution in [0, 0.1) is 0 Å². The Balaban J connectivity index is 1.58. The second-order valence-electron chi connectivity index (χ2n) is 5.76. The van der Waals surface area contributed by atoms with Crippen molar-refractivity contribution < 1.29 is 13.2 Å². The molecule has 7 nitrogen and oxygen atoms in total. The first-order valence-electron chi connectivity index (χ1n) is 8.04. The first-order chi connectivity index (χ1) is 12.0. The van der Waals surface area contributed by atoms with E-state index in [1.54, 1.807) is 5.38 Å². The van der Waals surface area contributed by atoms with Gasteiger partial charge >= 0.3 is 0 Å². The summed E-state index contributed by atoms with van der Waals surface area (Å²) in [7, 11) is -3.58. The van der Waals surface area contributed by atoms with Crippen LogP contribution in [0.1, 0.15) is 34.6 Å². The Kier molecular flexibility index (Phi) is 5.72. The van der Waals surface area contributed by atoms with Gasteiger partial charge in [0.1, 0.15) is 9.77 Å². The average molecular weight is 401 g/mol. The lowest BCUT2D eigenvalue weighted by Gasteiger charge is -2.15. The van der Waals surface area contributed by atoms with Crippen molar-refractivity contribution in [1.82, 2.24) is 14.6 Å². The van der Waals surface area contributed by atoms with Gasteiger partial charge in [0.2, 0.25) is 10.0 Å². The van der Waals surface area contributed by atoms with Crippen molar-refractivity contribution in [2.24, 2.45) is 0 Å². The summed E-state index contributed by atoms with van der Waals surface area (Å²) in [6.07, 6.45) is 3.17. The number of nitrogen functional groups attached to an aromatic ring is 1. The molecule has 3 N–H and O–H groups in total. The molecule has 0 unspecified atom stereocenters. The molecule has 1 aliphatic rings. The van der Waals surface area contributed by atoms with E-state index in [9.17, 15) is 13.2 Å². The Morgan fingerprint density at radius 1 is 1.32 bits per heavy atom. The minimum atomic E-state index is -3.58. The number of thiophene rings is 1. The Labute approximate surface area is 154 Å². The van der Waals surface area contributed by atoms with Crippen molar-refractivity contribution in [2.75, 3.05) is 25.4 Å². The monoisotopic (exact) mass is 400 g/mol. The van der Waals surface area contributed by atoms with E-state index in [1.165, 1.54) is 21.7 Å². The fourth-order valence-corrected chi connectivity index (χ4v) is 6.15. The predicted octanol–water partition coefficient (Wildman–Crippen LogP) is 1.93. The van der Waals surface area contributed by atoms with Gasteiger partial charge in [0.25, 0.3) is 5.91 Å². The lowest BCUT2D eigenvalue weighted by Crippen LogP contribution is -2.30. The fourth-order valence-electron chi connectivity index (χ4n) is 2.72. The molecule has 0 saturated carbocycles. The van der Waals surface area contributed by atoms with Gasteiger partial charge in [0.15, 0.2) is 5.13 Å². The number of nitrogens with two attached hydrogens (primary N) is 1. The summed E-state index contributed by atoms with van der Waals surface area (Å²) in [6, 6.07) is 1.52. The standard InChI is InChI=1S/C15H20N4O3S3/c16-15-18-11(10-24-15)4-3-6-17-14(20)13-12(5-9-23-13)25(21,22)19-7-1-2-8-19/h5,9-10H,1-4,6-8H2,(H2,16,18)(H,17,20). The van der Waals surface area contributed by atoms with Gasteiger partial charge < -0.3 is 11.1 Å². The maximum absolute atomic E-state index is 12.7. The first-order valence-corrected chi connectivity index (χ1v) is 11.2. The zero-order chi connectivity index (χ0) is 17.9. The summed E-state index contributed by atoms with van der Waals surface area (Å²) in [5, 5.41) is 6.88. The minimum Gasteiger partial charge on any atom is -0.375 e. The van der Waals surface area contributed by atoms with Crippen LogP contribution in [0.3, 0.4) is 0 Å². The summed E-state index contributed by atoms with van der Waals surface area (Å²) in [5.74, 6) is -0.342. The number of hydrogen-bond donors (Lipinski definition) is 2. The highest BCUT2D eigenvalue weighted by molar-refractivity contribution is 7.89. The number of thiazole rings is 1. The molecule has 25 heavy (non-hydrogen) atoms. The minimum absolute atomic E-state index is 0.115. The highest BCUT2D eigenvalue weighted by Gasteiger charge is 2.31. The highest BCUT2D eigenvalue weighted by Crippen LogP contribution is 2.27. The molecule has 1 saturated heterocycles. The van der Waals surface area contributed by atoms with Crippen LogP contribution in [-0.4, -0.2) is 43.2 Å². The summed E-state index contributed by atoms with van der Waals surface area (Å²) in [6.45, 7) is 1.50. The molecule has 1 amide bonds. The third-order valence-corrected chi connectivity index (χ3v) is 7.69. The normalized spacial score (nSPS) is 15.5. The molecule has 10 heteroatoms. The van der Waals surface area contributed by atoms with Gasteiger partial charge in [-0.3, -0.25) is 4.79 Å². The molecule has 0 spiro atoms. The number of carbonyl (C=O) groups excluding carboxylic acids is 1. The van der Waals surface area contributed by atoms with Crippen LogP contribution >= 0.6 is 22.7 Å². The highest BCUT2D eigenvalue weighted by atomic mass is 32.2. The van der Waals surface area contributed by atoms with Gasteiger partial charge in [-0.05, 0) is 37.1 Å². The van der Waals surface area contributed by atoms with Crippen LogP contribution in [0.4, 0.5) is 5.13 Å². The van der Waals surface area contributed by atoms with Crippen LogP contribution in [0.25, 0.3) is 0 Å². The smallest absolute Gasteiger partial charge is 0.262 e. The largest absolute Gasteiger partial charge is 0.375 e. The van der Waals surface area contributed by atoms with Crippen LogP contribution in [0.15, 0.2) is 21.7 Å². The van der Waals surface area contributed by atoms with E-state index in [0.29, 0.717) is 31.2 Å². The number of aryl methyl sites for hydroxylation is 1. The number of carbonyl (C=O) groups is 1. The zero-order valence-corrected chi connectivity index (χ0v) is 16.1. The van der Waals surface area contributed by atoms with E-state index in [4.69, 9.17) is 5.73 Å². The molecule has 3 rings (SSSR count). The van der Waals surface area contributed by atoms with Crippen LogP contribution in [-0.2, 0) is 16.4 Å². The number of aromatic nitrogens is 1. The maximum atomic E-state index is 12.7. The molecular weight excluding hydrogens is 380 g/mol. The van der Waals surface area contributed by atoms with Gasteiger partial charge in [-0.25, -0.2) is 13.4 Å². The number of amides is 1. The van der Waals surface area contributed by atoms with E-state index >= 15 is 0 Å². The van der Waals surface area contributed by atoms with E-state index in [0.717, 1.165) is 36.3 Å². The quantitative estimate of drug-likeness (QED) is 0.691. The predicted molar refractivity (Wildman–Crippen MR) is 99.5 cm³/mol. The number of nitrogens with one attached hydrogen (secondary N) is 1. The van der Waals surface area contributed by atoms with Gasteiger partial charge in [0, 0.05) is 25.0 Å². The van der Waals surface area contributed by atoms with Crippen molar-refractivity contribution in [3.63, 3.8) is 0 Å². The maximum Gasteiger partial charge on any atom is 0.262 e. The molecule has 0 bridgehead atoms. The number of sulfonamides is 1. The van der Waals surface area contributed by atoms with Crippen molar-refractivity contribution in [1.29, 1.82) is 0 Å². The molecule has 136 valence electrons. The first kappa shape index (κ1) is 18.3. The molecular formula is C15H20N4O3S3. The summed E-state index contributed by atoms with van der Waals surface area (Å²) in [5.41, 5.74) is 6.49. The second-order valence-corrected chi connectivity index (χ2v) is 9.47. The van der Waals surface area contributed by atoms with Gasteiger partial charge in [-0.1, -0.05) is 0 Å².